The minimum absolute atomic E-state index is 0.244. The highest BCUT2D eigenvalue weighted by molar-refractivity contribution is 6.31. The summed E-state index contributed by atoms with van der Waals surface area (Å²) in [4.78, 5) is 28.7. The summed E-state index contributed by atoms with van der Waals surface area (Å²) < 4.78 is 16.8. The highest BCUT2D eigenvalue weighted by atomic mass is 35.5. The average molecular weight is 505 g/mol. The van der Waals surface area contributed by atoms with E-state index in [4.69, 9.17) is 34.9 Å². The number of rotatable bonds is 4. The summed E-state index contributed by atoms with van der Waals surface area (Å²) in [5, 5.41) is 8.21. The molecule has 0 spiro atoms. The van der Waals surface area contributed by atoms with Crippen LogP contribution in [-0.2, 0) is 14.3 Å². The number of halogens is 1. The molecule has 182 valence electrons. The Hall–Kier alpha value is -4.31. The molecular formula is C27H21ClN2O6. The van der Waals surface area contributed by atoms with Gasteiger partial charge in [-0.1, -0.05) is 40.9 Å². The van der Waals surface area contributed by atoms with Gasteiger partial charge in [0.2, 0.25) is 5.76 Å². The van der Waals surface area contributed by atoms with Crippen LogP contribution in [0.1, 0.15) is 60.1 Å². The highest BCUT2D eigenvalue weighted by Crippen LogP contribution is 2.42. The van der Waals surface area contributed by atoms with Gasteiger partial charge in [-0.3, -0.25) is 5.32 Å². The molecule has 1 aliphatic carbocycles. The fraction of sp³-hybridized carbons (Fsp3) is 0.222. The van der Waals surface area contributed by atoms with Crippen LogP contribution in [0, 0.1) is 18.8 Å². The molecule has 1 amide bonds. The number of carbonyl (C=O) groups is 1. The number of aryl methyl sites for hydroxylation is 1. The smallest absolute Gasteiger partial charge is 0.412 e. The molecule has 8 nitrogen and oxygen atoms in total. The van der Waals surface area contributed by atoms with E-state index < -0.39 is 12.2 Å². The molecule has 9 heteroatoms. The van der Waals surface area contributed by atoms with Gasteiger partial charge >= 0.3 is 12.2 Å². The number of nitrogens with one attached hydrogen (secondary N) is 1. The van der Waals surface area contributed by atoms with Gasteiger partial charge in [-0.05, 0) is 62.9 Å². The van der Waals surface area contributed by atoms with Crippen molar-refractivity contribution >= 4 is 40.5 Å². The van der Waals surface area contributed by atoms with Crippen molar-refractivity contribution in [3.63, 3.8) is 0 Å². The van der Waals surface area contributed by atoms with E-state index in [0.717, 1.165) is 27.9 Å². The second kappa shape index (κ2) is 11.0. The molecule has 1 aliphatic rings. The predicted octanol–water partition coefficient (Wildman–Crippen LogP) is 6.39. The van der Waals surface area contributed by atoms with Crippen molar-refractivity contribution in [2.45, 2.75) is 38.7 Å². The minimum atomic E-state index is -0.651. The molecule has 1 saturated carbocycles. The Morgan fingerprint density at radius 1 is 1.17 bits per heavy atom. The third-order valence-electron chi connectivity index (χ3n) is 5.56. The average Bonchev–Trinajstić information content (AvgIpc) is 3.53. The zero-order valence-electron chi connectivity index (χ0n) is 19.5. The van der Waals surface area contributed by atoms with E-state index in [2.05, 4.69) is 28.4 Å². The summed E-state index contributed by atoms with van der Waals surface area (Å²) in [5.74, 6) is 7.84. The molecule has 0 saturated heterocycles. The predicted molar refractivity (Wildman–Crippen MR) is 130 cm³/mol. The van der Waals surface area contributed by atoms with Gasteiger partial charge in [-0.25, -0.2) is 4.79 Å². The third-order valence-corrected chi connectivity index (χ3v) is 5.90. The monoisotopic (exact) mass is 504 g/mol. The third kappa shape index (κ3) is 5.84. The van der Waals surface area contributed by atoms with Crippen LogP contribution in [-0.4, -0.2) is 17.4 Å². The van der Waals surface area contributed by atoms with Crippen molar-refractivity contribution in [1.29, 1.82) is 0 Å². The van der Waals surface area contributed by atoms with Crippen molar-refractivity contribution in [2.75, 3.05) is 5.32 Å². The number of aromatic nitrogens is 1. The SMILES string of the molecule is Cc1noc(C#Cc2ccc3cc(C4CC4)oc3c2)c1NC(=O)OC(C)c1ccccc1Cl.O=C=O. The zero-order valence-corrected chi connectivity index (χ0v) is 20.2. The van der Waals surface area contributed by atoms with Crippen LogP contribution in [0.3, 0.4) is 0 Å². The van der Waals surface area contributed by atoms with E-state index >= 15 is 0 Å². The van der Waals surface area contributed by atoms with Crippen LogP contribution < -0.4 is 5.32 Å². The summed E-state index contributed by atoms with van der Waals surface area (Å²) in [7, 11) is 0. The Morgan fingerprint density at radius 2 is 1.92 bits per heavy atom. The van der Waals surface area contributed by atoms with Crippen molar-refractivity contribution in [3.05, 3.63) is 81.9 Å². The molecule has 0 aliphatic heterocycles. The maximum Gasteiger partial charge on any atom is 0.412 e. The van der Waals surface area contributed by atoms with Gasteiger partial charge in [-0.2, -0.15) is 9.59 Å². The second-order valence-electron chi connectivity index (χ2n) is 8.18. The number of hydrogen-bond donors (Lipinski definition) is 1. The number of anilines is 1. The summed E-state index contributed by atoms with van der Waals surface area (Å²) in [5.41, 5.74) is 3.17. The molecule has 0 bridgehead atoms. The standard InChI is InChI=1S/C26H21ClN2O4.CO2/c1-15-25(28-26(30)31-16(2)20-5-3-4-6-21(20)27)22(33-29-15)12-8-17-7-9-19-14-24(18-10-11-18)32-23(19)13-17;2-1-3/h3-7,9,13-14,16,18H,10-11H2,1-2H3,(H,28,30);. The Bertz CT molecular complexity index is 1500. The Kier molecular flexibility index (Phi) is 7.55. The van der Waals surface area contributed by atoms with Gasteiger partial charge in [0.25, 0.3) is 0 Å². The Labute approximate surface area is 211 Å². The molecule has 2 aromatic carbocycles. The maximum absolute atomic E-state index is 12.5. The largest absolute Gasteiger partial charge is 0.461 e. The van der Waals surface area contributed by atoms with E-state index in [0.29, 0.717) is 22.3 Å². The van der Waals surface area contributed by atoms with E-state index in [1.54, 1.807) is 19.9 Å². The highest BCUT2D eigenvalue weighted by Gasteiger charge is 2.27. The van der Waals surface area contributed by atoms with E-state index in [9.17, 15) is 4.79 Å². The van der Waals surface area contributed by atoms with Crippen LogP contribution in [0.5, 0.6) is 0 Å². The quantitative estimate of drug-likeness (QED) is 0.320. The van der Waals surface area contributed by atoms with Gasteiger partial charge in [0, 0.05) is 27.5 Å². The molecular weight excluding hydrogens is 484 g/mol. The lowest BCUT2D eigenvalue weighted by Gasteiger charge is -2.15. The number of ether oxygens (including phenoxy) is 1. The van der Waals surface area contributed by atoms with Crippen molar-refractivity contribution in [3.8, 4) is 11.8 Å². The van der Waals surface area contributed by atoms with E-state index in [1.807, 2.05) is 36.4 Å². The van der Waals surface area contributed by atoms with Gasteiger partial charge in [-0.15, -0.1) is 0 Å². The van der Waals surface area contributed by atoms with Gasteiger partial charge in [0.05, 0.1) is 0 Å². The molecule has 0 radical (unpaired) electrons. The molecule has 1 atom stereocenters. The molecule has 1 unspecified atom stereocenters. The summed E-state index contributed by atoms with van der Waals surface area (Å²) in [6, 6.07) is 15.1. The van der Waals surface area contributed by atoms with Crippen LogP contribution in [0.25, 0.3) is 11.0 Å². The summed E-state index contributed by atoms with van der Waals surface area (Å²) in [6.07, 6.45) is 1.44. The molecule has 2 heterocycles. The number of benzene rings is 2. The van der Waals surface area contributed by atoms with Gasteiger partial charge < -0.3 is 13.7 Å². The molecule has 2 aromatic heterocycles. The second-order valence-corrected chi connectivity index (χ2v) is 8.58. The number of fused-ring (bicyclic) bond motifs is 1. The number of amides is 1. The number of carbonyl (C=O) groups excluding carboxylic acids is 3. The van der Waals surface area contributed by atoms with Crippen LogP contribution in [0.15, 0.2) is 57.5 Å². The number of hydrogen-bond acceptors (Lipinski definition) is 7. The van der Waals surface area contributed by atoms with E-state index in [1.165, 1.54) is 12.8 Å². The minimum Gasteiger partial charge on any atom is -0.461 e. The fourth-order valence-corrected chi connectivity index (χ4v) is 3.88. The first-order valence-corrected chi connectivity index (χ1v) is 11.5. The van der Waals surface area contributed by atoms with Crippen molar-refractivity contribution < 1.29 is 28.1 Å². The van der Waals surface area contributed by atoms with Crippen molar-refractivity contribution in [1.82, 2.24) is 5.16 Å². The van der Waals surface area contributed by atoms with Crippen LogP contribution in [0.2, 0.25) is 5.02 Å². The topological polar surface area (TPSA) is 112 Å². The molecule has 1 N–H and O–H groups in total. The molecule has 1 fully saturated rings. The normalized spacial score (nSPS) is 13.0. The lowest BCUT2D eigenvalue weighted by Crippen LogP contribution is -2.17. The Morgan fingerprint density at radius 3 is 2.64 bits per heavy atom. The van der Waals surface area contributed by atoms with Gasteiger partial charge in [0.15, 0.2) is 0 Å². The first-order valence-electron chi connectivity index (χ1n) is 11.1. The lowest BCUT2D eigenvalue weighted by molar-refractivity contribution is -0.191. The first-order chi connectivity index (χ1) is 17.4. The lowest BCUT2D eigenvalue weighted by atomic mass is 10.1. The molecule has 36 heavy (non-hydrogen) atoms. The van der Waals surface area contributed by atoms with Crippen LogP contribution in [0.4, 0.5) is 10.5 Å². The summed E-state index contributed by atoms with van der Waals surface area (Å²) >= 11 is 6.19. The van der Waals surface area contributed by atoms with E-state index in [-0.39, 0.29) is 11.9 Å². The van der Waals surface area contributed by atoms with Crippen LogP contribution >= 0.6 is 11.6 Å². The number of furan rings is 1. The van der Waals surface area contributed by atoms with Crippen molar-refractivity contribution in [2.24, 2.45) is 0 Å². The molecule has 5 rings (SSSR count). The fourth-order valence-electron chi connectivity index (χ4n) is 3.59. The zero-order chi connectivity index (χ0) is 25.7. The molecule has 4 aromatic rings. The number of nitrogens with zero attached hydrogens (tertiary/aromatic N) is 1. The van der Waals surface area contributed by atoms with Gasteiger partial charge in [0.1, 0.15) is 28.8 Å². The first kappa shape index (κ1) is 24.8. The summed E-state index contributed by atoms with van der Waals surface area (Å²) in [6.45, 7) is 3.47. The Balaban J connectivity index is 0.000000967. The maximum atomic E-state index is 12.5.